The number of nitrogens with two attached hydrogens (primary N) is 1. The van der Waals surface area contributed by atoms with Gasteiger partial charge in [-0.25, -0.2) is 0 Å². The summed E-state index contributed by atoms with van der Waals surface area (Å²) in [6, 6.07) is 1.99. The average molecular weight is 250 g/mol. The van der Waals surface area contributed by atoms with Crippen molar-refractivity contribution in [3.05, 3.63) is 11.9 Å². The molecule has 2 rings (SSSR count). The Bertz CT molecular complexity index is 465. The van der Waals surface area contributed by atoms with Crippen LogP contribution >= 0.6 is 0 Å². The predicted molar refractivity (Wildman–Crippen MR) is 60.3 cm³/mol. The van der Waals surface area contributed by atoms with Crippen molar-refractivity contribution in [2.24, 2.45) is 5.73 Å². The highest BCUT2D eigenvalue weighted by Crippen LogP contribution is 2.08. The highest BCUT2D eigenvalue weighted by Gasteiger charge is 2.26. The SMILES string of the molecule is N#CC1CN(C(=O)c2cn(CCN)nn2)CCO1. The molecule has 1 aliphatic rings. The molecule has 1 atom stereocenters. The first-order chi connectivity index (χ1) is 8.74. The Hall–Kier alpha value is -1.98. The number of nitrogens with zero attached hydrogens (tertiary/aromatic N) is 5. The number of carbonyl (C=O) groups is 1. The number of ether oxygens (including phenoxy) is 1. The zero-order chi connectivity index (χ0) is 13.0. The third-order valence-electron chi connectivity index (χ3n) is 2.61. The van der Waals surface area contributed by atoms with Crippen LogP contribution in [0, 0.1) is 11.3 Å². The van der Waals surface area contributed by atoms with Gasteiger partial charge in [0.2, 0.25) is 0 Å². The fraction of sp³-hybridized carbons (Fsp3) is 0.600. The van der Waals surface area contributed by atoms with Crippen LogP contribution in [-0.4, -0.2) is 58.1 Å². The summed E-state index contributed by atoms with van der Waals surface area (Å²) < 4.78 is 6.70. The molecule has 1 aliphatic heterocycles. The van der Waals surface area contributed by atoms with E-state index >= 15 is 0 Å². The van der Waals surface area contributed by atoms with Crippen molar-refractivity contribution < 1.29 is 9.53 Å². The van der Waals surface area contributed by atoms with Crippen molar-refractivity contribution in [3.8, 4) is 6.07 Å². The summed E-state index contributed by atoms with van der Waals surface area (Å²) in [6.45, 7) is 2.04. The van der Waals surface area contributed by atoms with Gasteiger partial charge in [-0.1, -0.05) is 5.21 Å². The molecule has 8 heteroatoms. The van der Waals surface area contributed by atoms with Crippen LogP contribution in [0.5, 0.6) is 0 Å². The number of carbonyl (C=O) groups excluding carboxylic acids is 1. The summed E-state index contributed by atoms with van der Waals surface area (Å²) >= 11 is 0. The fourth-order valence-corrected chi connectivity index (χ4v) is 1.71. The van der Waals surface area contributed by atoms with Crippen molar-refractivity contribution in [2.75, 3.05) is 26.2 Å². The normalized spacial score (nSPS) is 19.6. The van der Waals surface area contributed by atoms with Gasteiger partial charge in [0.25, 0.3) is 5.91 Å². The van der Waals surface area contributed by atoms with Crippen LogP contribution in [0.15, 0.2) is 6.20 Å². The molecule has 1 saturated heterocycles. The summed E-state index contributed by atoms with van der Waals surface area (Å²) in [4.78, 5) is 13.6. The second kappa shape index (κ2) is 5.57. The first-order valence-corrected chi connectivity index (χ1v) is 5.65. The molecule has 0 saturated carbocycles. The monoisotopic (exact) mass is 250 g/mol. The van der Waals surface area contributed by atoms with Crippen LogP contribution < -0.4 is 5.73 Å². The van der Waals surface area contributed by atoms with E-state index < -0.39 is 6.10 Å². The molecule has 0 aromatic carbocycles. The maximum atomic E-state index is 12.1. The number of amides is 1. The van der Waals surface area contributed by atoms with Gasteiger partial charge in [0.05, 0.1) is 32.0 Å². The fourth-order valence-electron chi connectivity index (χ4n) is 1.71. The standard InChI is InChI=1S/C10H14N6O2/c11-1-2-16-7-9(13-14-16)10(17)15-3-4-18-8(5-12)6-15/h7-8H,1-4,6,11H2. The van der Waals surface area contributed by atoms with Crippen LogP contribution in [0.3, 0.4) is 0 Å². The molecule has 8 nitrogen and oxygen atoms in total. The Morgan fingerprint density at radius 2 is 2.56 bits per heavy atom. The summed E-state index contributed by atoms with van der Waals surface area (Å²) in [7, 11) is 0. The summed E-state index contributed by atoms with van der Waals surface area (Å²) in [5, 5.41) is 16.4. The van der Waals surface area contributed by atoms with E-state index in [0.717, 1.165) is 0 Å². The molecular formula is C10H14N6O2. The lowest BCUT2D eigenvalue weighted by atomic mass is 10.2. The lowest BCUT2D eigenvalue weighted by molar-refractivity contribution is 0.00319. The molecule has 1 amide bonds. The summed E-state index contributed by atoms with van der Waals surface area (Å²) in [6.07, 6.45) is 0.994. The van der Waals surface area contributed by atoms with Gasteiger partial charge in [0.15, 0.2) is 11.8 Å². The molecule has 1 unspecified atom stereocenters. The van der Waals surface area contributed by atoms with Crippen molar-refractivity contribution >= 4 is 5.91 Å². The molecule has 0 radical (unpaired) electrons. The van der Waals surface area contributed by atoms with Gasteiger partial charge >= 0.3 is 0 Å². The Labute approximate surface area is 104 Å². The van der Waals surface area contributed by atoms with Crippen LogP contribution in [0.25, 0.3) is 0 Å². The first-order valence-electron chi connectivity index (χ1n) is 5.65. The van der Waals surface area contributed by atoms with Gasteiger partial charge in [-0.15, -0.1) is 5.10 Å². The lowest BCUT2D eigenvalue weighted by Gasteiger charge is -2.28. The van der Waals surface area contributed by atoms with Crippen molar-refractivity contribution in [1.82, 2.24) is 19.9 Å². The van der Waals surface area contributed by atoms with E-state index in [9.17, 15) is 4.79 Å². The molecule has 1 aromatic rings. The Kier molecular flexibility index (Phi) is 3.86. The van der Waals surface area contributed by atoms with Gasteiger partial charge in [-0.3, -0.25) is 9.48 Å². The zero-order valence-electron chi connectivity index (χ0n) is 9.82. The van der Waals surface area contributed by atoms with Crippen LogP contribution in [0.2, 0.25) is 0 Å². The van der Waals surface area contributed by atoms with Crippen molar-refractivity contribution in [3.63, 3.8) is 0 Å². The lowest BCUT2D eigenvalue weighted by Crippen LogP contribution is -2.45. The van der Waals surface area contributed by atoms with Crippen molar-refractivity contribution in [1.29, 1.82) is 5.26 Å². The minimum atomic E-state index is -0.568. The number of hydrogen-bond donors (Lipinski definition) is 1. The largest absolute Gasteiger partial charge is 0.360 e. The molecule has 0 spiro atoms. The topological polar surface area (TPSA) is 110 Å². The maximum Gasteiger partial charge on any atom is 0.276 e. The van der Waals surface area contributed by atoms with E-state index in [0.29, 0.717) is 26.2 Å². The Morgan fingerprint density at radius 3 is 3.28 bits per heavy atom. The number of aromatic nitrogens is 3. The highest BCUT2D eigenvalue weighted by atomic mass is 16.5. The number of nitriles is 1. The smallest absolute Gasteiger partial charge is 0.276 e. The molecule has 2 heterocycles. The van der Waals surface area contributed by atoms with Crippen LogP contribution in [-0.2, 0) is 11.3 Å². The average Bonchev–Trinajstić information content (AvgIpc) is 2.87. The van der Waals surface area contributed by atoms with Gasteiger partial charge in [0, 0.05) is 13.1 Å². The Balaban J connectivity index is 2.03. The van der Waals surface area contributed by atoms with Gasteiger partial charge in [0.1, 0.15) is 0 Å². The van der Waals surface area contributed by atoms with Crippen molar-refractivity contribution in [2.45, 2.75) is 12.6 Å². The number of morpholine rings is 1. The molecular weight excluding hydrogens is 236 g/mol. The van der Waals surface area contributed by atoms with Gasteiger partial charge in [-0.2, -0.15) is 5.26 Å². The maximum absolute atomic E-state index is 12.1. The van der Waals surface area contributed by atoms with Crippen LogP contribution in [0.4, 0.5) is 0 Å². The molecule has 2 N–H and O–H groups in total. The molecule has 0 aliphatic carbocycles. The number of rotatable bonds is 3. The third kappa shape index (κ3) is 2.64. The van der Waals surface area contributed by atoms with E-state index in [-0.39, 0.29) is 18.1 Å². The van der Waals surface area contributed by atoms with E-state index in [1.807, 2.05) is 6.07 Å². The molecule has 1 fully saturated rings. The quantitative estimate of drug-likeness (QED) is 0.706. The zero-order valence-corrected chi connectivity index (χ0v) is 9.82. The van der Waals surface area contributed by atoms with Gasteiger partial charge in [-0.05, 0) is 0 Å². The molecule has 0 bridgehead atoms. The molecule has 1 aromatic heterocycles. The van der Waals surface area contributed by atoms with E-state index in [4.69, 9.17) is 15.7 Å². The van der Waals surface area contributed by atoms with E-state index in [1.54, 1.807) is 11.1 Å². The highest BCUT2D eigenvalue weighted by molar-refractivity contribution is 5.92. The summed E-state index contributed by atoms with van der Waals surface area (Å²) in [5.41, 5.74) is 5.65. The predicted octanol–water partition coefficient (Wildman–Crippen LogP) is -1.40. The second-order valence-corrected chi connectivity index (χ2v) is 3.90. The molecule has 18 heavy (non-hydrogen) atoms. The van der Waals surface area contributed by atoms with Crippen LogP contribution in [0.1, 0.15) is 10.5 Å². The Morgan fingerprint density at radius 1 is 1.72 bits per heavy atom. The minimum absolute atomic E-state index is 0.234. The van der Waals surface area contributed by atoms with E-state index in [2.05, 4.69) is 10.3 Å². The minimum Gasteiger partial charge on any atom is -0.360 e. The number of hydrogen-bond acceptors (Lipinski definition) is 6. The van der Waals surface area contributed by atoms with E-state index in [1.165, 1.54) is 4.68 Å². The first kappa shape index (κ1) is 12.5. The second-order valence-electron chi connectivity index (χ2n) is 3.90. The third-order valence-corrected chi connectivity index (χ3v) is 2.61. The summed E-state index contributed by atoms with van der Waals surface area (Å²) in [5.74, 6) is -0.234. The molecule has 96 valence electrons. The van der Waals surface area contributed by atoms with Gasteiger partial charge < -0.3 is 15.4 Å².